The molecule has 0 fully saturated rings. The van der Waals surface area contributed by atoms with Crippen LogP contribution in [0.1, 0.15) is 24.2 Å². The Balaban J connectivity index is 1.94. The lowest BCUT2D eigenvalue weighted by molar-refractivity contribution is -0.123. The highest BCUT2D eigenvalue weighted by atomic mass is 19.2. The minimum atomic E-state index is -1.17. The molecule has 1 N–H and O–H groups in total. The fourth-order valence-corrected chi connectivity index (χ4v) is 1.95. The summed E-state index contributed by atoms with van der Waals surface area (Å²) in [6.07, 6.45) is -1.12. The minimum Gasteiger partial charge on any atom is -0.494 e. The number of ether oxygens (including phenoxy) is 2. The third-order valence-electron chi connectivity index (χ3n) is 3.24. The van der Waals surface area contributed by atoms with Gasteiger partial charge in [0.1, 0.15) is 5.75 Å². The van der Waals surface area contributed by atoms with Gasteiger partial charge in [0.2, 0.25) is 0 Å². The number of anilines is 1. The van der Waals surface area contributed by atoms with Crippen molar-refractivity contribution in [1.82, 2.24) is 0 Å². The van der Waals surface area contributed by atoms with Crippen LogP contribution in [0.5, 0.6) is 5.75 Å². The number of rotatable bonds is 6. The van der Waals surface area contributed by atoms with E-state index in [-0.39, 0.29) is 5.56 Å². The monoisotopic (exact) mass is 349 g/mol. The summed E-state index contributed by atoms with van der Waals surface area (Å²) in [6.45, 7) is 3.77. The van der Waals surface area contributed by atoms with Crippen LogP contribution in [0.15, 0.2) is 42.5 Å². The summed E-state index contributed by atoms with van der Waals surface area (Å²) in [7, 11) is 0. The first-order valence-corrected chi connectivity index (χ1v) is 7.60. The number of hydrogen-bond acceptors (Lipinski definition) is 4. The van der Waals surface area contributed by atoms with E-state index in [0.717, 1.165) is 18.2 Å². The molecule has 0 aliphatic rings. The normalized spacial score (nSPS) is 11.5. The van der Waals surface area contributed by atoms with Gasteiger partial charge in [-0.3, -0.25) is 4.79 Å². The lowest BCUT2D eigenvalue weighted by Gasteiger charge is -2.14. The molecule has 7 heteroatoms. The molecule has 0 heterocycles. The van der Waals surface area contributed by atoms with Crippen LogP contribution in [0, 0.1) is 11.6 Å². The van der Waals surface area contributed by atoms with Crippen molar-refractivity contribution in [2.45, 2.75) is 20.0 Å². The summed E-state index contributed by atoms with van der Waals surface area (Å²) < 4.78 is 36.3. The standard InChI is InChI=1S/C18H17F2NO4/c1-3-24-14-7-5-13(6-8-14)21-17(22)11(2)25-18(23)12-4-9-15(19)16(20)10-12/h4-11H,3H2,1-2H3,(H,21,22). The predicted octanol–water partition coefficient (Wildman–Crippen LogP) is 3.55. The van der Waals surface area contributed by atoms with Crippen LogP contribution in [0.4, 0.5) is 14.5 Å². The Bertz CT molecular complexity index is 762. The van der Waals surface area contributed by atoms with Gasteiger partial charge < -0.3 is 14.8 Å². The van der Waals surface area contributed by atoms with Gasteiger partial charge in [-0.1, -0.05) is 0 Å². The second-order valence-electron chi connectivity index (χ2n) is 5.12. The Morgan fingerprint density at radius 2 is 1.76 bits per heavy atom. The zero-order valence-corrected chi connectivity index (χ0v) is 13.7. The van der Waals surface area contributed by atoms with Gasteiger partial charge in [0.15, 0.2) is 17.7 Å². The summed E-state index contributed by atoms with van der Waals surface area (Å²) in [5.74, 6) is -3.05. The summed E-state index contributed by atoms with van der Waals surface area (Å²) in [5.41, 5.74) is 0.323. The van der Waals surface area contributed by atoms with Gasteiger partial charge in [0.05, 0.1) is 12.2 Å². The molecule has 0 aromatic heterocycles. The third-order valence-corrected chi connectivity index (χ3v) is 3.24. The molecule has 1 atom stereocenters. The van der Waals surface area contributed by atoms with Gasteiger partial charge in [0, 0.05) is 5.69 Å². The van der Waals surface area contributed by atoms with E-state index >= 15 is 0 Å². The van der Waals surface area contributed by atoms with Crippen molar-refractivity contribution in [3.63, 3.8) is 0 Å². The summed E-state index contributed by atoms with van der Waals surface area (Å²) in [4.78, 5) is 23.9. The molecule has 5 nitrogen and oxygen atoms in total. The van der Waals surface area contributed by atoms with Crippen LogP contribution < -0.4 is 10.1 Å². The topological polar surface area (TPSA) is 64.6 Å². The van der Waals surface area contributed by atoms with E-state index in [0.29, 0.717) is 18.0 Å². The number of carbonyl (C=O) groups excluding carboxylic acids is 2. The van der Waals surface area contributed by atoms with E-state index in [1.807, 2.05) is 6.92 Å². The number of esters is 1. The number of carbonyl (C=O) groups is 2. The average Bonchev–Trinajstić information content (AvgIpc) is 2.59. The van der Waals surface area contributed by atoms with E-state index in [9.17, 15) is 18.4 Å². The summed E-state index contributed by atoms with van der Waals surface area (Å²) in [6, 6.07) is 9.29. The number of amides is 1. The van der Waals surface area contributed by atoms with Gasteiger partial charge in [-0.15, -0.1) is 0 Å². The Morgan fingerprint density at radius 3 is 2.36 bits per heavy atom. The number of nitrogens with one attached hydrogen (secondary N) is 1. The SMILES string of the molecule is CCOc1ccc(NC(=O)C(C)OC(=O)c2ccc(F)c(F)c2)cc1. The Hall–Kier alpha value is -2.96. The number of benzene rings is 2. The maximum Gasteiger partial charge on any atom is 0.339 e. The average molecular weight is 349 g/mol. The van der Waals surface area contributed by atoms with Crippen molar-refractivity contribution in [3.8, 4) is 5.75 Å². The lowest BCUT2D eigenvalue weighted by Crippen LogP contribution is -2.30. The Morgan fingerprint density at radius 1 is 1.08 bits per heavy atom. The van der Waals surface area contributed by atoms with Crippen LogP contribution in [0.2, 0.25) is 0 Å². The van der Waals surface area contributed by atoms with Gasteiger partial charge in [-0.25, -0.2) is 13.6 Å². The summed E-state index contributed by atoms with van der Waals surface area (Å²) in [5, 5.41) is 2.58. The van der Waals surface area contributed by atoms with E-state index in [2.05, 4.69) is 5.32 Å². The molecule has 0 spiro atoms. The molecule has 25 heavy (non-hydrogen) atoms. The van der Waals surface area contributed by atoms with Crippen LogP contribution in [0.25, 0.3) is 0 Å². The predicted molar refractivity (Wildman–Crippen MR) is 87.5 cm³/mol. The van der Waals surface area contributed by atoms with Crippen molar-refractivity contribution in [3.05, 3.63) is 59.7 Å². The summed E-state index contributed by atoms with van der Waals surface area (Å²) >= 11 is 0. The highest BCUT2D eigenvalue weighted by Gasteiger charge is 2.20. The minimum absolute atomic E-state index is 0.181. The molecule has 1 amide bonds. The smallest absolute Gasteiger partial charge is 0.339 e. The largest absolute Gasteiger partial charge is 0.494 e. The quantitative estimate of drug-likeness (QED) is 0.810. The van der Waals surface area contributed by atoms with Crippen molar-refractivity contribution in [2.24, 2.45) is 0 Å². The molecular formula is C18H17F2NO4. The van der Waals surface area contributed by atoms with E-state index in [4.69, 9.17) is 9.47 Å². The first-order chi connectivity index (χ1) is 11.9. The molecule has 0 radical (unpaired) electrons. The molecule has 2 aromatic rings. The zero-order valence-electron chi connectivity index (χ0n) is 13.7. The van der Waals surface area contributed by atoms with Gasteiger partial charge >= 0.3 is 5.97 Å². The first-order valence-electron chi connectivity index (χ1n) is 7.60. The van der Waals surface area contributed by atoms with Crippen molar-refractivity contribution < 1.29 is 27.8 Å². The molecular weight excluding hydrogens is 332 g/mol. The molecule has 0 aliphatic carbocycles. The van der Waals surface area contributed by atoms with Gasteiger partial charge in [-0.2, -0.15) is 0 Å². The third kappa shape index (κ3) is 5.00. The molecule has 2 rings (SSSR count). The Labute approximate surface area is 143 Å². The molecule has 0 bridgehead atoms. The fraction of sp³-hybridized carbons (Fsp3) is 0.222. The fourth-order valence-electron chi connectivity index (χ4n) is 1.95. The van der Waals surface area contributed by atoms with Crippen LogP contribution in [-0.4, -0.2) is 24.6 Å². The molecule has 132 valence electrons. The van der Waals surface area contributed by atoms with Gasteiger partial charge in [-0.05, 0) is 56.3 Å². The lowest BCUT2D eigenvalue weighted by atomic mass is 10.2. The first kappa shape index (κ1) is 18.4. The number of hydrogen-bond donors (Lipinski definition) is 1. The van der Waals surface area contributed by atoms with Crippen LogP contribution in [-0.2, 0) is 9.53 Å². The molecule has 1 unspecified atom stereocenters. The van der Waals surface area contributed by atoms with Crippen LogP contribution >= 0.6 is 0 Å². The van der Waals surface area contributed by atoms with Crippen LogP contribution in [0.3, 0.4) is 0 Å². The second kappa shape index (κ2) is 8.23. The van der Waals surface area contributed by atoms with Crippen molar-refractivity contribution in [2.75, 3.05) is 11.9 Å². The molecule has 2 aromatic carbocycles. The zero-order chi connectivity index (χ0) is 18.4. The Kier molecular flexibility index (Phi) is 6.05. The molecule has 0 saturated carbocycles. The second-order valence-corrected chi connectivity index (χ2v) is 5.12. The molecule has 0 saturated heterocycles. The van der Waals surface area contributed by atoms with Crippen molar-refractivity contribution in [1.29, 1.82) is 0 Å². The highest BCUT2D eigenvalue weighted by molar-refractivity contribution is 5.97. The van der Waals surface area contributed by atoms with Gasteiger partial charge in [0.25, 0.3) is 5.91 Å². The van der Waals surface area contributed by atoms with E-state index < -0.39 is 29.6 Å². The van der Waals surface area contributed by atoms with Crippen molar-refractivity contribution >= 4 is 17.6 Å². The maximum atomic E-state index is 13.1. The highest BCUT2D eigenvalue weighted by Crippen LogP contribution is 2.16. The van der Waals surface area contributed by atoms with E-state index in [1.54, 1.807) is 24.3 Å². The number of halogens is 2. The van der Waals surface area contributed by atoms with E-state index in [1.165, 1.54) is 6.92 Å². The maximum absolute atomic E-state index is 13.1. The molecule has 0 aliphatic heterocycles.